The van der Waals surface area contributed by atoms with Crippen molar-refractivity contribution >= 4 is 0 Å². The molecule has 1 aromatic carbocycles. The highest BCUT2D eigenvalue weighted by Crippen LogP contribution is 2.35. The third kappa shape index (κ3) is 3.76. The zero-order valence-electron chi connectivity index (χ0n) is 12.8. The monoisotopic (exact) mass is 285 g/mol. The highest BCUT2D eigenvalue weighted by Gasteiger charge is 2.36. The van der Waals surface area contributed by atoms with Gasteiger partial charge in [-0.15, -0.1) is 0 Å². The van der Waals surface area contributed by atoms with Gasteiger partial charge in [-0.25, -0.2) is 8.78 Å². The van der Waals surface area contributed by atoms with E-state index in [1.54, 1.807) is 7.11 Å². The maximum atomic E-state index is 13.5. The SMILES string of the molecule is CCCNC(c1cc(F)cc(F)c1)C(CC)(CC)OC. The number of hydrogen-bond acceptors (Lipinski definition) is 2. The minimum atomic E-state index is -0.555. The van der Waals surface area contributed by atoms with Crippen molar-refractivity contribution in [3.8, 4) is 0 Å². The molecule has 0 aliphatic carbocycles. The number of ether oxygens (including phenoxy) is 1. The van der Waals surface area contributed by atoms with E-state index in [9.17, 15) is 8.78 Å². The summed E-state index contributed by atoms with van der Waals surface area (Å²) >= 11 is 0. The molecule has 0 aliphatic heterocycles. The Morgan fingerprint density at radius 1 is 1.10 bits per heavy atom. The molecule has 2 nitrogen and oxygen atoms in total. The van der Waals surface area contributed by atoms with Gasteiger partial charge in [-0.2, -0.15) is 0 Å². The first-order valence-electron chi connectivity index (χ1n) is 7.27. The van der Waals surface area contributed by atoms with Gasteiger partial charge in [-0.3, -0.25) is 0 Å². The fourth-order valence-corrected chi connectivity index (χ4v) is 2.70. The topological polar surface area (TPSA) is 21.3 Å². The summed E-state index contributed by atoms with van der Waals surface area (Å²) in [5.41, 5.74) is 0.136. The zero-order valence-corrected chi connectivity index (χ0v) is 12.8. The van der Waals surface area contributed by atoms with E-state index in [-0.39, 0.29) is 6.04 Å². The maximum Gasteiger partial charge on any atom is 0.126 e. The van der Waals surface area contributed by atoms with Crippen LogP contribution in [-0.2, 0) is 4.74 Å². The van der Waals surface area contributed by atoms with Crippen molar-refractivity contribution in [1.29, 1.82) is 0 Å². The van der Waals surface area contributed by atoms with E-state index in [1.165, 1.54) is 12.1 Å². The predicted molar refractivity (Wildman–Crippen MR) is 77.7 cm³/mol. The Balaban J connectivity index is 3.22. The summed E-state index contributed by atoms with van der Waals surface area (Å²) < 4.78 is 32.7. The van der Waals surface area contributed by atoms with Gasteiger partial charge in [-0.05, 0) is 43.5 Å². The van der Waals surface area contributed by atoms with Gasteiger partial charge in [0.25, 0.3) is 0 Å². The summed E-state index contributed by atoms with van der Waals surface area (Å²) in [5, 5.41) is 3.38. The molecule has 1 unspecified atom stereocenters. The zero-order chi connectivity index (χ0) is 15.2. The first-order valence-corrected chi connectivity index (χ1v) is 7.27. The van der Waals surface area contributed by atoms with Crippen molar-refractivity contribution in [1.82, 2.24) is 5.32 Å². The van der Waals surface area contributed by atoms with Gasteiger partial charge >= 0.3 is 0 Å². The molecule has 0 heterocycles. The molecule has 0 aromatic heterocycles. The van der Waals surface area contributed by atoms with Gasteiger partial charge in [0.05, 0.1) is 11.6 Å². The molecule has 1 N–H and O–H groups in total. The van der Waals surface area contributed by atoms with E-state index >= 15 is 0 Å². The lowest BCUT2D eigenvalue weighted by Crippen LogP contribution is -2.45. The van der Waals surface area contributed by atoms with E-state index in [2.05, 4.69) is 12.2 Å². The van der Waals surface area contributed by atoms with E-state index in [0.29, 0.717) is 5.56 Å². The van der Waals surface area contributed by atoms with Gasteiger partial charge < -0.3 is 10.1 Å². The highest BCUT2D eigenvalue weighted by atomic mass is 19.1. The predicted octanol–water partition coefficient (Wildman–Crippen LogP) is 4.21. The summed E-state index contributed by atoms with van der Waals surface area (Å²) in [5.74, 6) is -1.11. The van der Waals surface area contributed by atoms with Crippen LogP contribution in [0.25, 0.3) is 0 Å². The lowest BCUT2D eigenvalue weighted by molar-refractivity contribution is -0.0486. The van der Waals surface area contributed by atoms with E-state index in [1.807, 2.05) is 13.8 Å². The van der Waals surface area contributed by atoms with Crippen molar-refractivity contribution < 1.29 is 13.5 Å². The summed E-state index contributed by atoms with van der Waals surface area (Å²) in [6.45, 7) is 6.89. The number of nitrogens with one attached hydrogen (secondary N) is 1. The molecule has 4 heteroatoms. The Hall–Kier alpha value is -1.00. The molecule has 0 bridgehead atoms. The molecular formula is C16H25F2NO. The van der Waals surface area contributed by atoms with E-state index < -0.39 is 17.2 Å². The van der Waals surface area contributed by atoms with Gasteiger partial charge in [0.2, 0.25) is 0 Å². The van der Waals surface area contributed by atoms with Crippen LogP contribution in [0, 0.1) is 11.6 Å². The largest absolute Gasteiger partial charge is 0.376 e. The molecule has 1 atom stereocenters. The molecular weight excluding hydrogens is 260 g/mol. The third-order valence-corrected chi connectivity index (χ3v) is 3.95. The molecule has 1 rings (SSSR count). The second-order valence-electron chi connectivity index (χ2n) is 5.07. The fraction of sp³-hybridized carbons (Fsp3) is 0.625. The van der Waals surface area contributed by atoms with Crippen LogP contribution in [0.2, 0.25) is 0 Å². The van der Waals surface area contributed by atoms with Crippen molar-refractivity contribution in [2.24, 2.45) is 0 Å². The van der Waals surface area contributed by atoms with Crippen LogP contribution in [0.5, 0.6) is 0 Å². The van der Waals surface area contributed by atoms with Crippen LogP contribution in [-0.4, -0.2) is 19.3 Å². The van der Waals surface area contributed by atoms with E-state index in [4.69, 9.17) is 4.74 Å². The normalized spacial score (nSPS) is 13.5. The summed E-state index contributed by atoms with van der Waals surface area (Å²) in [6.07, 6.45) is 2.47. The Bertz CT molecular complexity index is 390. The van der Waals surface area contributed by atoms with Gasteiger partial charge in [0, 0.05) is 13.2 Å². The van der Waals surface area contributed by atoms with Gasteiger partial charge in [-0.1, -0.05) is 20.8 Å². The van der Waals surface area contributed by atoms with Gasteiger partial charge in [0.1, 0.15) is 11.6 Å². The van der Waals surface area contributed by atoms with E-state index in [0.717, 1.165) is 31.9 Å². The Labute approximate surface area is 120 Å². The molecule has 0 spiro atoms. The molecule has 0 saturated heterocycles. The Morgan fingerprint density at radius 2 is 1.65 bits per heavy atom. The van der Waals surface area contributed by atoms with Crippen molar-refractivity contribution in [3.05, 3.63) is 35.4 Å². The number of hydrogen-bond donors (Lipinski definition) is 1. The summed E-state index contributed by atoms with van der Waals surface area (Å²) in [7, 11) is 1.66. The number of halogens is 2. The molecule has 1 aromatic rings. The van der Waals surface area contributed by atoms with Crippen LogP contribution < -0.4 is 5.32 Å². The first-order chi connectivity index (χ1) is 9.52. The Morgan fingerprint density at radius 3 is 2.05 bits per heavy atom. The molecule has 0 aliphatic rings. The average Bonchev–Trinajstić information content (AvgIpc) is 2.43. The average molecular weight is 285 g/mol. The van der Waals surface area contributed by atoms with Crippen molar-refractivity contribution in [2.45, 2.75) is 51.7 Å². The van der Waals surface area contributed by atoms with Crippen LogP contribution in [0.4, 0.5) is 8.78 Å². The maximum absolute atomic E-state index is 13.5. The van der Waals surface area contributed by atoms with Crippen LogP contribution in [0.3, 0.4) is 0 Å². The van der Waals surface area contributed by atoms with Crippen LogP contribution in [0.1, 0.15) is 51.6 Å². The van der Waals surface area contributed by atoms with Crippen LogP contribution >= 0.6 is 0 Å². The Kier molecular flexibility index (Phi) is 6.56. The molecule has 0 fully saturated rings. The fourth-order valence-electron chi connectivity index (χ4n) is 2.70. The van der Waals surface area contributed by atoms with Crippen LogP contribution in [0.15, 0.2) is 18.2 Å². The van der Waals surface area contributed by atoms with Gasteiger partial charge in [0.15, 0.2) is 0 Å². The minimum Gasteiger partial charge on any atom is -0.376 e. The lowest BCUT2D eigenvalue weighted by atomic mass is 9.83. The quantitative estimate of drug-likeness (QED) is 0.772. The summed E-state index contributed by atoms with van der Waals surface area (Å²) in [4.78, 5) is 0. The number of methoxy groups -OCH3 is 1. The van der Waals surface area contributed by atoms with Crippen molar-refractivity contribution in [3.63, 3.8) is 0 Å². The molecule has 0 saturated carbocycles. The number of benzene rings is 1. The third-order valence-electron chi connectivity index (χ3n) is 3.95. The summed E-state index contributed by atoms with van der Waals surface area (Å²) in [6, 6.07) is 3.44. The smallest absolute Gasteiger partial charge is 0.126 e. The van der Waals surface area contributed by atoms with Crippen molar-refractivity contribution in [2.75, 3.05) is 13.7 Å². The molecule has 114 valence electrons. The molecule has 0 radical (unpaired) electrons. The molecule has 20 heavy (non-hydrogen) atoms. The molecule has 0 amide bonds. The highest BCUT2D eigenvalue weighted by molar-refractivity contribution is 5.24. The lowest BCUT2D eigenvalue weighted by Gasteiger charge is -2.39. The number of rotatable bonds is 8. The first kappa shape index (κ1) is 17.1. The second kappa shape index (κ2) is 7.70. The minimum absolute atomic E-state index is 0.229. The second-order valence-corrected chi connectivity index (χ2v) is 5.07. The standard InChI is InChI=1S/C16H25F2NO/c1-5-8-19-15(16(6-2,7-3)20-4)12-9-13(17)11-14(18)10-12/h9-11,15,19H,5-8H2,1-4H3.